The fourth-order valence-corrected chi connectivity index (χ4v) is 3.53. The van der Waals surface area contributed by atoms with Gasteiger partial charge in [0.05, 0.1) is 12.0 Å². The van der Waals surface area contributed by atoms with Gasteiger partial charge in [-0.2, -0.15) is 0 Å². The summed E-state index contributed by atoms with van der Waals surface area (Å²) in [6, 6.07) is 26.8. The predicted octanol–water partition coefficient (Wildman–Crippen LogP) is 4.43. The number of carbonyl (C=O) groups excluding carboxylic acids is 2. The van der Waals surface area contributed by atoms with Crippen LogP contribution >= 0.6 is 0 Å². The molecule has 170 valence electrons. The van der Waals surface area contributed by atoms with Gasteiger partial charge in [-0.15, -0.1) is 0 Å². The zero-order chi connectivity index (χ0) is 23.5. The van der Waals surface area contributed by atoms with Gasteiger partial charge in [-0.25, -0.2) is 4.79 Å². The zero-order valence-electron chi connectivity index (χ0n) is 18.2. The number of hydrogen-bond acceptors (Lipinski definition) is 4. The molecule has 3 aromatic rings. The van der Waals surface area contributed by atoms with Crippen LogP contribution < -0.4 is 5.32 Å². The molecule has 0 bridgehead atoms. The van der Waals surface area contributed by atoms with Crippen LogP contribution in [0.5, 0.6) is 0 Å². The minimum Gasteiger partial charge on any atom is -0.481 e. The second-order valence-electron chi connectivity index (χ2n) is 7.84. The maximum atomic E-state index is 13.1. The molecule has 0 radical (unpaired) electrons. The van der Waals surface area contributed by atoms with Crippen molar-refractivity contribution in [2.75, 3.05) is 0 Å². The van der Waals surface area contributed by atoms with Crippen LogP contribution in [-0.4, -0.2) is 29.0 Å². The van der Waals surface area contributed by atoms with Crippen molar-refractivity contribution in [3.05, 3.63) is 108 Å². The van der Waals surface area contributed by atoms with E-state index in [9.17, 15) is 19.5 Å². The monoisotopic (exact) mass is 445 g/mol. The highest BCUT2D eigenvalue weighted by Crippen LogP contribution is 2.16. The van der Waals surface area contributed by atoms with Gasteiger partial charge in [-0.3, -0.25) is 9.59 Å². The van der Waals surface area contributed by atoms with Gasteiger partial charge in [0.25, 0.3) is 0 Å². The van der Waals surface area contributed by atoms with Crippen molar-refractivity contribution in [2.24, 2.45) is 5.92 Å². The molecule has 0 saturated carbocycles. The normalized spacial score (nSPS) is 12.4. The van der Waals surface area contributed by atoms with Gasteiger partial charge < -0.3 is 15.2 Å². The number of carbonyl (C=O) groups is 3. The Balaban J connectivity index is 1.68. The van der Waals surface area contributed by atoms with Crippen molar-refractivity contribution < 1.29 is 24.2 Å². The third-order valence-corrected chi connectivity index (χ3v) is 5.30. The number of hydrogen-bond donors (Lipinski definition) is 2. The lowest BCUT2D eigenvalue weighted by Gasteiger charge is -2.20. The minimum atomic E-state index is -1.04. The molecule has 3 rings (SSSR count). The fraction of sp³-hybridized carbons (Fsp3) is 0.222. The summed E-state index contributed by atoms with van der Waals surface area (Å²) in [5.41, 5.74) is 2.52. The summed E-state index contributed by atoms with van der Waals surface area (Å²) in [7, 11) is 0. The predicted molar refractivity (Wildman–Crippen MR) is 125 cm³/mol. The van der Waals surface area contributed by atoms with E-state index in [1.165, 1.54) is 0 Å². The summed E-state index contributed by atoms with van der Waals surface area (Å²) in [6.45, 7) is 0.0741. The van der Waals surface area contributed by atoms with Crippen LogP contribution in [0.2, 0.25) is 0 Å². The number of aliphatic carboxylic acids is 1. The molecule has 2 N–H and O–H groups in total. The smallest absolute Gasteiger partial charge is 0.408 e. The molecule has 2 atom stereocenters. The molecule has 1 unspecified atom stereocenters. The van der Waals surface area contributed by atoms with E-state index in [1.54, 1.807) is 0 Å². The summed E-state index contributed by atoms with van der Waals surface area (Å²) in [5.74, 6) is -2.28. The van der Waals surface area contributed by atoms with Gasteiger partial charge in [-0.1, -0.05) is 91.0 Å². The topological polar surface area (TPSA) is 92.7 Å². The van der Waals surface area contributed by atoms with Crippen molar-refractivity contribution >= 4 is 17.8 Å². The number of carboxylic acids is 1. The molecular formula is C27H27NO5. The van der Waals surface area contributed by atoms with Crippen LogP contribution in [0.3, 0.4) is 0 Å². The lowest BCUT2D eigenvalue weighted by molar-refractivity contribution is -0.143. The first kappa shape index (κ1) is 23.7. The Morgan fingerprint density at radius 3 is 1.73 bits per heavy atom. The molecule has 0 aromatic heterocycles. The Hall–Kier alpha value is -3.93. The van der Waals surface area contributed by atoms with E-state index in [0.717, 1.165) is 16.7 Å². The average Bonchev–Trinajstić information content (AvgIpc) is 2.84. The van der Waals surface area contributed by atoms with Crippen molar-refractivity contribution in [1.29, 1.82) is 0 Å². The van der Waals surface area contributed by atoms with Gasteiger partial charge in [-0.05, 0) is 29.5 Å². The number of nitrogens with one attached hydrogen (secondary N) is 1. The lowest BCUT2D eigenvalue weighted by atomic mass is 9.90. The molecule has 0 aliphatic carbocycles. The summed E-state index contributed by atoms with van der Waals surface area (Å²) in [4.78, 5) is 37.4. The van der Waals surface area contributed by atoms with E-state index >= 15 is 0 Å². The number of alkyl carbamates (subject to hydrolysis) is 1. The van der Waals surface area contributed by atoms with Gasteiger partial charge in [0.2, 0.25) is 0 Å². The molecule has 6 nitrogen and oxygen atoms in total. The molecule has 0 aliphatic heterocycles. The molecule has 33 heavy (non-hydrogen) atoms. The maximum Gasteiger partial charge on any atom is 0.408 e. The summed E-state index contributed by atoms with van der Waals surface area (Å²) < 4.78 is 5.28. The molecular weight excluding hydrogens is 418 g/mol. The second-order valence-corrected chi connectivity index (χ2v) is 7.84. The molecule has 0 spiro atoms. The third-order valence-electron chi connectivity index (χ3n) is 5.30. The highest BCUT2D eigenvalue weighted by atomic mass is 16.5. The fourth-order valence-electron chi connectivity index (χ4n) is 3.53. The number of ketones is 1. The van der Waals surface area contributed by atoms with Gasteiger partial charge >= 0.3 is 12.1 Å². The van der Waals surface area contributed by atoms with Crippen molar-refractivity contribution in [3.8, 4) is 0 Å². The molecule has 0 aliphatic rings. The van der Waals surface area contributed by atoms with E-state index in [-0.39, 0.29) is 31.7 Å². The molecule has 6 heteroatoms. The first-order chi connectivity index (χ1) is 16.0. The first-order valence-electron chi connectivity index (χ1n) is 10.8. The molecule has 1 amide bonds. The van der Waals surface area contributed by atoms with Gasteiger partial charge in [0.1, 0.15) is 6.61 Å². The number of Topliss-reactive ketones (excluding diaryl/α,β-unsaturated/α-hetero) is 1. The number of carboxylic acid groups (broad SMARTS) is 1. The van der Waals surface area contributed by atoms with Gasteiger partial charge in [0, 0.05) is 6.42 Å². The average molecular weight is 446 g/mol. The molecule has 0 saturated heterocycles. The highest BCUT2D eigenvalue weighted by molar-refractivity contribution is 5.90. The van der Waals surface area contributed by atoms with Crippen LogP contribution in [0.1, 0.15) is 23.1 Å². The summed E-state index contributed by atoms with van der Waals surface area (Å²) >= 11 is 0. The third kappa shape index (κ3) is 7.92. The standard InChI is InChI=1S/C27H27NO5/c29-25(18-23(26(30)31)16-20-10-4-1-5-11-20)24(17-21-12-6-2-7-13-21)28-27(32)33-19-22-14-8-3-9-15-22/h1-15,23-24H,16-19H2,(H,28,32)(H,30,31)/t23-,24?/m1/s1. The van der Waals surface area contributed by atoms with E-state index in [2.05, 4.69) is 5.32 Å². The summed E-state index contributed by atoms with van der Waals surface area (Å²) in [5, 5.41) is 12.3. The Kier molecular flexibility index (Phi) is 8.77. The molecule has 0 heterocycles. The van der Waals surface area contributed by atoms with E-state index < -0.39 is 24.0 Å². The van der Waals surface area contributed by atoms with E-state index in [4.69, 9.17) is 4.74 Å². The number of benzene rings is 3. The second kappa shape index (κ2) is 12.2. The van der Waals surface area contributed by atoms with Crippen molar-refractivity contribution in [2.45, 2.75) is 31.9 Å². The first-order valence-corrected chi connectivity index (χ1v) is 10.8. The Morgan fingerprint density at radius 2 is 1.21 bits per heavy atom. The largest absolute Gasteiger partial charge is 0.481 e. The quantitative estimate of drug-likeness (QED) is 0.456. The van der Waals surface area contributed by atoms with Crippen LogP contribution in [0.15, 0.2) is 91.0 Å². The maximum absolute atomic E-state index is 13.1. The Bertz CT molecular complexity index is 1040. The Morgan fingerprint density at radius 1 is 0.727 bits per heavy atom. The van der Waals surface area contributed by atoms with Crippen LogP contribution in [0, 0.1) is 5.92 Å². The Labute approximate surface area is 193 Å². The highest BCUT2D eigenvalue weighted by Gasteiger charge is 2.28. The molecule has 3 aromatic carbocycles. The molecule has 0 fully saturated rings. The van der Waals surface area contributed by atoms with E-state index in [1.807, 2.05) is 91.0 Å². The van der Waals surface area contributed by atoms with Crippen LogP contribution in [-0.2, 0) is 33.8 Å². The SMILES string of the molecule is O=C(NC(Cc1ccccc1)C(=O)C[C@@H](Cc1ccccc1)C(=O)O)OCc1ccccc1. The number of ether oxygens (including phenoxy) is 1. The lowest BCUT2D eigenvalue weighted by Crippen LogP contribution is -2.43. The number of rotatable bonds is 11. The zero-order valence-corrected chi connectivity index (χ0v) is 18.2. The van der Waals surface area contributed by atoms with Crippen LogP contribution in [0.4, 0.5) is 4.79 Å². The minimum absolute atomic E-state index is 0.0741. The number of amides is 1. The van der Waals surface area contributed by atoms with E-state index in [0.29, 0.717) is 0 Å². The van der Waals surface area contributed by atoms with Crippen molar-refractivity contribution in [3.63, 3.8) is 0 Å². The summed E-state index contributed by atoms with van der Waals surface area (Å²) in [6.07, 6.45) is -0.431. The van der Waals surface area contributed by atoms with Gasteiger partial charge in [0.15, 0.2) is 5.78 Å². The van der Waals surface area contributed by atoms with Crippen LogP contribution in [0.25, 0.3) is 0 Å². The van der Waals surface area contributed by atoms with Crippen molar-refractivity contribution in [1.82, 2.24) is 5.32 Å².